The first-order valence-corrected chi connectivity index (χ1v) is 6.95. The van der Waals surface area contributed by atoms with E-state index in [1.807, 2.05) is 0 Å². The summed E-state index contributed by atoms with van der Waals surface area (Å²) in [5, 5.41) is 7.79. The van der Waals surface area contributed by atoms with E-state index in [1.165, 1.54) is 16.8 Å². The Labute approximate surface area is 109 Å². The van der Waals surface area contributed by atoms with E-state index in [0.717, 1.165) is 4.47 Å². The van der Waals surface area contributed by atoms with Crippen LogP contribution in [-0.2, 0) is 0 Å². The quantitative estimate of drug-likeness (QED) is 0.841. The van der Waals surface area contributed by atoms with Crippen molar-refractivity contribution < 1.29 is 0 Å². The van der Waals surface area contributed by atoms with Crippen molar-refractivity contribution >= 4 is 33.0 Å². The molecule has 0 fully saturated rings. The van der Waals surface area contributed by atoms with E-state index in [-0.39, 0.29) is 0 Å². The van der Waals surface area contributed by atoms with Crippen LogP contribution in [0.5, 0.6) is 0 Å². The van der Waals surface area contributed by atoms with Crippen LogP contribution in [0.2, 0.25) is 0 Å². The van der Waals surface area contributed by atoms with Crippen molar-refractivity contribution in [2.45, 2.75) is 19.9 Å². The van der Waals surface area contributed by atoms with Crippen molar-refractivity contribution in [1.82, 2.24) is 0 Å². The first-order chi connectivity index (χ1) is 7.66. The van der Waals surface area contributed by atoms with E-state index < -0.39 is 0 Å². The summed E-state index contributed by atoms with van der Waals surface area (Å²) >= 11 is 5.24. The van der Waals surface area contributed by atoms with Gasteiger partial charge in [-0.25, -0.2) is 0 Å². The molecule has 1 N–H and O–H groups in total. The van der Waals surface area contributed by atoms with E-state index in [1.54, 1.807) is 11.3 Å². The number of aryl methyl sites for hydroxylation is 1. The van der Waals surface area contributed by atoms with E-state index in [9.17, 15) is 0 Å². The zero-order valence-corrected chi connectivity index (χ0v) is 11.7. The van der Waals surface area contributed by atoms with Crippen molar-refractivity contribution in [3.8, 4) is 0 Å². The maximum absolute atomic E-state index is 3.51. The Bertz CT molecular complexity index is 465. The second-order valence-electron chi connectivity index (χ2n) is 3.89. The van der Waals surface area contributed by atoms with Gasteiger partial charge in [0, 0.05) is 16.2 Å². The summed E-state index contributed by atoms with van der Waals surface area (Å²) in [5.41, 5.74) is 3.76. The van der Waals surface area contributed by atoms with E-state index >= 15 is 0 Å². The molecule has 2 rings (SSSR count). The third-order valence-electron chi connectivity index (χ3n) is 2.58. The lowest BCUT2D eigenvalue weighted by Crippen LogP contribution is -2.05. The Morgan fingerprint density at radius 3 is 2.75 bits per heavy atom. The predicted octanol–water partition coefficient (Wildman–Crippen LogP) is 4.99. The van der Waals surface area contributed by atoms with Crippen molar-refractivity contribution in [2.24, 2.45) is 0 Å². The highest BCUT2D eigenvalue weighted by atomic mass is 79.9. The van der Waals surface area contributed by atoms with E-state index in [0.29, 0.717) is 6.04 Å². The molecule has 0 spiro atoms. The average Bonchev–Trinajstić information content (AvgIpc) is 2.77. The molecule has 1 aromatic heterocycles. The number of halogens is 1. The number of hydrogen-bond donors (Lipinski definition) is 1. The summed E-state index contributed by atoms with van der Waals surface area (Å²) in [6.07, 6.45) is 0. The van der Waals surface area contributed by atoms with Gasteiger partial charge in [-0.1, -0.05) is 15.9 Å². The maximum atomic E-state index is 3.51. The second kappa shape index (κ2) is 5.02. The zero-order chi connectivity index (χ0) is 11.5. The van der Waals surface area contributed by atoms with Crippen LogP contribution in [0.3, 0.4) is 0 Å². The molecule has 0 aliphatic carbocycles. The molecule has 1 heterocycles. The number of benzene rings is 1. The predicted molar refractivity (Wildman–Crippen MR) is 75.2 cm³/mol. The third-order valence-corrected chi connectivity index (χ3v) is 4.18. The zero-order valence-electron chi connectivity index (χ0n) is 9.33. The topological polar surface area (TPSA) is 12.0 Å². The lowest BCUT2D eigenvalue weighted by atomic mass is 10.1. The largest absolute Gasteiger partial charge is 0.378 e. The SMILES string of the molecule is Cc1cc(NC(C)c2ccsc2)ccc1Br. The van der Waals surface area contributed by atoms with Crippen molar-refractivity contribution in [1.29, 1.82) is 0 Å². The molecule has 16 heavy (non-hydrogen) atoms. The molecular formula is C13H14BrNS. The monoisotopic (exact) mass is 295 g/mol. The van der Waals surface area contributed by atoms with Gasteiger partial charge in [0.25, 0.3) is 0 Å². The first kappa shape index (κ1) is 11.7. The number of nitrogens with one attached hydrogen (secondary N) is 1. The fraction of sp³-hybridized carbons (Fsp3) is 0.231. The molecule has 0 radical (unpaired) electrons. The minimum atomic E-state index is 0.354. The molecule has 2 aromatic rings. The average molecular weight is 296 g/mol. The Morgan fingerprint density at radius 1 is 1.31 bits per heavy atom. The molecule has 1 aromatic carbocycles. The van der Waals surface area contributed by atoms with Gasteiger partial charge in [-0.3, -0.25) is 0 Å². The van der Waals surface area contributed by atoms with Crippen molar-refractivity contribution in [2.75, 3.05) is 5.32 Å². The fourth-order valence-corrected chi connectivity index (χ4v) is 2.59. The Kier molecular flexibility index (Phi) is 3.66. The molecule has 0 aliphatic heterocycles. The van der Waals surface area contributed by atoms with Gasteiger partial charge in [-0.05, 0) is 60.0 Å². The Balaban J connectivity index is 2.12. The Morgan fingerprint density at radius 2 is 2.12 bits per heavy atom. The summed E-state index contributed by atoms with van der Waals surface area (Å²) in [7, 11) is 0. The van der Waals surface area contributed by atoms with Gasteiger partial charge in [0.15, 0.2) is 0 Å². The van der Waals surface area contributed by atoms with E-state index in [4.69, 9.17) is 0 Å². The van der Waals surface area contributed by atoms with Crippen LogP contribution in [0.15, 0.2) is 39.5 Å². The van der Waals surface area contributed by atoms with Crippen LogP contribution in [0.25, 0.3) is 0 Å². The molecule has 0 saturated carbocycles. The van der Waals surface area contributed by atoms with Crippen LogP contribution in [-0.4, -0.2) is 0 Å². The number of rotatable bonds is 3. The van der Waals surface area contributed by atoms with Gasteiger partial charge in [-0.15, -0.1) is 0 Å². The normalized spacial score (nSPS) is 12.4. The molecule has 84 valence electrons. The molecule has 3 heteroatoms. The number of thiophene rings is 1. The molecule has 0 aliphatic rings. The number of hydrogen-bond acceptors (Lipinski definition) is 2. The third kappa shape index (κ3) is 2.66. The molecule has 0 saturated heterocycles. The van der Waals surface area contributed by atoms with Crippen LogP contribution in [0.1, 0.15) is 24.1 Å². The molecular weight excluding hydrogens is 282 g/mol. The second-order valence-corrected chi connectivity index (χ2v) is 5.52. The van der Waals surface area contributed by atoms with Gasteiger partial charge >= 0.3 is 0 Å². The van der Waals surface area contributed by atoms with Crippen LogP contribution in [0.4, 0.5) is 5.69 Å². The van der Waals surface area contributed by atoms with Gasteiger partial charge in [-0.2, -0.15) is 11.3 Å². The highest BCUT2D eigenvalue weighted by Crippen LogP contribution is 2.24. The lowest BCUT2D eigenvalue weighted by molar-refractivity contribution is 0.890. The summed E-state index contributed by atoms with van der Waals surface area (Å²) in [5.74, 6) is 0. The highest BCUT2D eigenvalue weighted by molar-refractivity contribution is 9.10. The smallest absolute Gasteiger partial charge is 0.0493 e. The van der Waals surface area contributed by atoms with Crippen LogP contribution < -0.4 is 5.32 Å². The highest BCUT2D eigenvalue weighted by Gasteiger charge is 2.05. The molecule has 1 unspecified atom stereocenters. The molecule has 0 amide bonds. The van der Waals surface area contributed by atoms with Gasteiger partial charge in [0.2, 0.25) is 0 Å². The summed E-state index contributed by atoms with van der Waals surface area (Å²) in [4.78, 5) is 0. The molecule has 0 bridgehead atoms. The fourth-order valence-electron chi connectivity index (χ4n) is 1.59. The van der Waals surface area contributed by atoms with E-state index in [2.05, 4.69) is 70.1 Å². The van der Waals surface area contributed by atoms with Crippen LogP contribution in [0, 0.1) is 6.92 Å². The van der Waals surface area contributed by atoms with Crippen LogP contribution >= 0.6 is 27.3 Å². The van der Waals surface area contributed by atoms with Gasteiger partial charge < -0.3 is 5.32 Å². The maximum Gasteiger partial charge on any atom is 0.0493 e. The van der Waals surface area contributed by atoms with Gasteiger partial charge in [0.05, 0.1) is 0 Å². The summed E-state index contributed by atoms with van der Waals surface area (Å²) in [6, 6.07) is 8.85. The summed E-state index contributed by atoms with van der Waals surface area (Å²) in [6.45, 7) is 4.28. The summed E-state index contributed by atoms with van der Waals surface area (Å²) < 4.78 is 1.15. The van der Waals surface area contributed by atoms with Gasteiger partial charge in [0.1, 0.15) is 0 Å². The minimum absolute atomic E-state index is 0.354. The standard InChI is InChI=1S/C13H14BrNS/c1-9-7-12(3-4-13(9)14)15-10(2)11-5-6-16-8-11/h3-8,10,15H,1-2H3. The molecule has 1 atom stereocenters. The number of anilines is 1. The molecule has 1 nitrogen and oxygen atoms in total. The lowest BCUT2D eigenvalue weighted by Gasteiger charge is -2.14. The van der Waals surface area contributed by atoms with Crippen molar-refractivity contribution in [3.63, 3.8) is 0 Å². The first-order valence-electron chi connectivity index (χ1n) is 5.21. The Hall–Kier alpha value is -0.800. The minimum Gasteiger partial charge on any atom is -0.378 e. The van der Waals surface area contributed by atoms with Crippen molar-refractivity contribution in [3.05, 3.63) is 50.6 Å².